The first-order valence-corrected chi connectivity index (χ1v) is 10.3. The van der Waals surface area contributed by atoms with Crippen LogP contribution in [0.2, 0.25) is 0 Å². The van der Waals surface area contributed by atoms with Crippen LogP contribution in [0.4, 0.5) is 9.59 Å². The lowest BCUT2D eigenvalue weighted by Gasteiger charge is -2.34. The number of carbonyl (C=O) groups is 3. The highest BCUT2D eigenvalue weighted by Crippen LogP contribution is 2.29. The molecule has 0 N–H and O–H groups in total. The SMILES string of the molecule is CCCCCCN1C(=O)CN(/N=C/C2COC(C)(C)N2C(=O)OC(C)(C)C)C1=O. The maximum Gasteiger partial charge on any atom is 0.413 e. The number of hydrogen-bond acceptors (Lipinski definition) is 6. The fraction of sp³-hybridized carbons (Fsp3) is 0.800. The molecule has 2 rings (SSSR count). The number of carbonyl (C=O) groups excluding carboxylic acids is 3. The summed E-state index contributed by atoms with van der Waals surface area (Å²) in [5, 5.41) is 5.33. The molecule has 0 aromatic heterocycles. The van der Waals surface area contributed by atoms with Gasteiger partial charge in [0, 0.05) is 6.54 Å². The van der Waals surface area contributed by atoms with Crippen molar-refractivity contribution in [3.63, 3.8) is 0 Å². The monoisotopic (exact) mass is 410 g/mol. The van der Waals surface area contributed by atoms with Gasteiger partial charge in [-0.05, 0) is 41.0 Å². The minimum Gasteiger partial charge on any atom is -0.444 e. The molecule has 2 heterocycles. The molecule has 4 amide bonds. The smallest absolute Gasteiger partial charge is 0.413 e. The fourth-order valence-corrected chi connectivity index (χ4v) is 3.30. The van der Waals surface area contributed by atoms with Crippen molar-refractivity contribution >= 4 is 24.2 Å². The normalized spacial score (nSPS) is 22.3. The van der Waals surface area contributed by atoms with Gasteiger partial charge in [-0.2, -0.15) is 5.10 Å². The molecule has 29 heavy (non-hydrogen) atoms. The summed E-state index contributed by atoms with van der Waals surface area (Å²) in [4.78, 5) is 40.0. The van der Waals surface area contributed by atoms with E-state index >= 15 is 0 Å². The third-order valence-electron chi connectivity index (χ3n) is 4.76. The van der Waals surface area contributed by atoms with Gasteiger partial charge in [-0.25, -0.2) is 14.6 Å². The Morgan fingerprint density at radius 1 is 1.28 bits per heavy atom. The van der Waals surface area contributed by atoms with E-state index in [0.717, 1.165) is 30.7 Å². The van der Waals surface area contributed by atoms with E-state index in [2.05, 4.69) is 12.0 Å². The zero-order chi connectivity index (χ0) is 21.8. The average molecular weight is 411 g/mol. The van der Waals surface area contributed by atoms with Crippen LogP contribution in [0.15, 0.2) is 5.10 Å². The van der Waals surface area contributed by atoms with Crippen LogP contribution < -0.4 is 0 Å². The molecule has 2 aliphatic heterocycles. The molecule has 0 radical (unpaired) electrons. The molecule has 0 saturated carbocycles. The first-order valence-electron chi connectivity index (χ1n) is 10.3. The Kier molecular flexibility index (Phi) is 7.26. The second kappa shape index (κ2) is 9.11. The van der Waals surface area contributed by atoms with Gasteiger partial charge in [0.2, 0.25) is 0 Å². The van der Waals surface area contributed by atoms with E-state index < -0.39 is 29.5 Å². The van der Waals surface area contributed by atoms with Gasteiger partial charge >= 0.3 is 12.1 Å². The first-order chi connectivity index (χ1) is 13.5. The van der Waals surface area contributed by atoms with Gasteiger partial charge in [-0.3, -0.25) is 14.6 Å². The van der Waals surface area contributed by atoms with Gasteiger partial charge in [0.25, 0.3) is 5.91 Å². The third-order valence-corrected chi connectivity index (χ3v) is 4.76. The van der Waals surface area contributed by atoms with Crippen LogP contribution in [0.25, 0.3) is 0 Å². The lowest BCUT2D eigenvalue weighted by Crippen LogP contribution is -2.50. The van der Waals surface area contributed by atoms with Crippen LogP contribution in [0.3, 0.4) is 0 Å². The van der Waals surface area contributed by atoms with Gasteiger partial charge < -0.3 is 9.47 Å². The Bertz CT molecular complexity index is 656. The summed E-state index contributed by atoms with van der Waals surface area (Å²) in [7, 11) is 0. The van der Waals surface area contributed by atoms with E-state index in [0.29, 0.717) is 6.54 Å². The van der Waals surface area contributed by atoms with Gasteiger partial charge in [-0.15, -0.1) is 0 Å². The zero-order valence-electron chi connectivity index (χ0n) is 18.4. The van der Waals surface area contributed by atoms with Crippen molar-refractivity contribution in [3.05, 3.63) is 0 Å². The largest absolute Gasteiger partial charge is 0.444 e. The number of urea groups is 1. The zero-order valence-corrected chi connectivity index (χ0v) is 18.4. The van der Waals surface area contributed by atoms with E-state index in [1.165, 1.54) is 16.0 Å². The molecular weight excluding hydrogens is 376 g/mol. The van der Waals surface area contributed by atoms with Crippen molar-refractivity contribution in [3.8, 4) is 0 Å². The molecular formula is C20H34N4O5. The van der Waals surface area contributed by atoms with Crippen LogP contribution in [-0.2, 0) is 14.3 Å². The van der Waals surface area contributed by atoms with Gasteiger partial charge in [0.05, 0.1) is 18.9 Å². The number of rotatable bonds is 7. The highest BCUT2D eigenvalue weighted by Gasteiger charge is 2.45. The van der Waals surface area contributed by atoms with Crippen LogP contribution >= 0.6 is 0 Å². The van der Waals surface area contributed by atoms with Crippen LogP contribution in [0.5, 0.6) is 0 Å². The molecule has 9 heteroatoms. The number of hydrogen-bond donors (Lipinski definition) is 0. The standard InChI is InChI=1S/C20H34N4O5/c1-7-8-9-10-11-22-16(25)13-23(17(22)26)21-12-15-14-28-20(5,6)24(15)18(27)29-19(2,3)4/h12,15H,7-11,13-14H2,1-6H3/b21-12+. The summed E-state index contributed by atoms with van der Waals surface area (Å²) in [6.07, 6.45) is 4.90. The Labute approximate surface area is 173 Å². The molecule has 2 saturated heterocycles. The summed E-state index contributed by atoms with van der Waals surface area (Å²) < 4.78 is 11.2. The Morgan fingerprint density at radius 2 is 1.97 bits per heavy atom. The molecule has 1 unspecified atom stereocenters. The van der Waals surface area contributed by atoms with Crippen molar-refractivity contribution in [1.82, 2.24) is 14.8 Å². The van der Waals surface area contributed by atoms with E-state index in [-0.39, 0.29) is 19.1 Å². The topological polar surface area (TPSA) is 91.8 Å². The predicted octanol–water partition coefficient (Wildman–Crippen LogP) is 3.19. The maximum absolute atomic E-state index is 12.6. The van der Waals surface area contributed by atoms with E-state index in [9.17, 15) is 14.4 Å². The molecule has 0 aliphatic carbocycles. The number of nitrogens with zero attached hydrogens (tertiary/aromatic N) is 4. The lowest BCUT2D eigenvalue weighted by molar-refractivity contribution is -0.125. The maximum atomic E-state index is 12.6. The van der Waals surface area contributed by atoms with Crippen molar-refractivity contribution < 1.29 is 23.9 Å². The quantitative estimate of drug-likeness (QED) is 0.365. The van der Waals surface area contributed by atoms with E-state index in [4.69, 9.17) is 9.47 Å². The average Bonchev–Trinajstić information content (AvgIpc) is 3.04. The first kappa shape index (κ1) is 23.1. The Morgan fingerprint density at radius 3 is 2.59 bits per heavy atom. The van der Waals surface area contributed by atoms with Crippen molar-refractivity contribution in [2.45, 2.75) is 84.6 Å². The second-order valence-corrected chi connectivity index (χ2v) is 8.89. The summed E-state index contributed by atoms with van der Waals surface area (Å²) in [6, 6.07) is -0.925. The van der Waals surface area contributed by atoms with Crippen molar-refractivity contribution in [2.75, 3.05) is 19.7 Å². The third kappa shape index (κ3) is 5.91. The molecule has 2 fully saturated rings. The summed E-state index contributed by atoms with van der Waals surface area (Å²) in [6.45, 7) is 11.6. The van der Waals surface area contributed by atoms with Crippen LogP contribution in [-0.4, -0.2) is 76.1 Å². The van der Waals surface area contributed by atoms with Crippen LogP contribution in [0, 0.1) is 0 Å². The fourth-order valence-electron chi connectivity index (χ4n) is 3.30. The molecule has 0 bridgehead atoms. The predicted molar refractivity (Wildman–Crippen MR) is 108 cm³/mol. The summed E-state index contributed by atoms with van der Waals surface area (Å²) >= 11 is 0. The highest BCUT2D eigenvalue weighted by atomic mass is 16.6. The molecule has 0 aromatic rings. The summed E-state index contributed by atoms with van der Waals surface area (Å²) in [5.74, 6) is -0.254. The Hall–Kier alpha value is -2.16. The number of unbranched alkanes of at least 4 members (excludes halogenated alkanes) is 3. The van der Waals surface area contributed by atoms with E-state index in [1.807, 2.05) is 0 Å². The van der Waals surface area contributed by atoms with Crippen LogP contribution in [0.1, 0.15) is 67.2 Å². The summed E-state index contributed by atoms with van der Waals surface area (Å²) in [5.41, 5.74) is -1.51. The van der Waals surface area contributed by atoms with Gasteiger partial charge in [0.1, 0.15) is 17.9 Å². The minimum atomic E-state index is -0.866. The lowest BCUT2D eigenvalue weighted by atomic mass is 10.2. The number of hydrazone groups is 1. The number of ether oxygens (including phenoxy) is 2. The molecule has 0 spiro atoms. The van der Waals surface area contributed by atoms with Gasteiger partial charge in [-0.1, -0.05) is 26.2 Å². The molecule has 2 aliphatic rings. The molecule has 0 aromatic carbocycles. The molecule has 1 atom stereocenters. The van der Waals surface area contributed by atoms with Crippen molar-refractivity contribution in [2.24, 2.45) is 5.10 Å². The van der Waals surface area contributed by atoms with E-state index in [1.54, 1.807) is 34.6 Å². The molecule has 9 nitrogen and oxygen atoms in total. The Balaban J connectivity index is 2.03. The number of amides is 4. The highest BCUT2D eigenvalue weighted by molar-refractivity contribution is 6.02. The number of imide groups is 1. The van der Waals surface area contributed by atoms with Gasteiger partial charge in [0.15, 0.2) is 0 Å². The molecule has 164 valence electrons. The van der Waals surface area contributed by atoms with Crippen molar-refractivity contribution in [1.29, 1.82) is 0 Å². The second-order valence-electron chi connectivity index (χ2n) is 8.89. The minimum absolute atomic E-state index is 0.0908.